The number of rotatable bonds is 4. The van der Waals surface area contributed by atoms with Crippen LogP contribution in [0.4, 0.5) is 9.18 Å². The Morgan fingerprint density at radius 3 is 2.67 bits per heavy atom. The van der Waals surface area contributed by atoms with Crippen molar-refractivity contribution in [3.05, 3.63) is 40.3 Å². The third-order valence-corrected chi connectivity index (χ3v) is 9.01. The van der Waals surface area contributed by atoms with Crippen LogP contribution in [0.15, 0.2) is 28.8 Å². The highest BCUT2D eigenvalue weighted by molar-refractivity contribution is 9.10. The van der Waals surface area contributed by atoms with Crippen LogP contribution in [0.2, 0.25) is 0 Å². The summed E-state index contributed by atoms with van der Waals surface area (Å²) >= 11 is 3.31. The predicted octanol–water partition coefficient (Wildman–Crippen LogP) is 4.56. The molecule has 46 heavy (non-hydrogen) atoms. The third kappa shape index (κ3) is 7.42. The van der Waals surface area contributed by atoms with Crippen molar-refractivity contribution in [2.75, 3.05) is 6.54 Å². The van der Waals surface area contributed by atoms with Gasteiger partial charge in [0.05, 0.1) is 12.1 Å². The summed E-state index contributed by atoms with van der Waals surface area (Å²) in [5, 5.41) is 15.5. The van der Waals surface area contributed by atoms with E-state index < -0.39 is 59.0 Å². The summed E-state index contributed by atoms with van der Waals surface area (Å²) in [5.41, 5.74) is -1.14. The topological polar surface area (TPSA) is 160 Å². The Kier molecular flexibility index (Phi) is 9.57. The van der Waals surface area contributed by atoms with Crippen LogP contribution in [0.5, 0.6) is 5.88 Å². The first-order valence-corrected chi connectivity index (χ1v) is 16.3. The van der Waals surface area contributed by atoms with Crippen LogP contribution in [0.1, 0.15) is 71.4 Å². The van der Waals surface area contributed by atoms with Crippen molar-refractivity contribution in [3.8, 4) is 5.88 Å². The molecule has 0 spiro atoms. The van der Waals surface area contributed by atoms with Gasteiger partial charge in [0.1, 0.15) is 46.4 Å². The van der Waals surface area contributed by atoms with Crippen LogP contribution >= 0.6 is 15.9 Å². The lowest BCUT2D eigenvalue weighted by atomic mass is 10.0. The zero-order valence-corrected chi connectivity index (χ0v) is 27.9. The number of aromatic nitrogens is 2. The molecule has 12 nitrogen and oxygen atoms in total. The molecule has 1 saturated heterocycles. The van der Waals surface area contributed by atoms with Gasteiger partial charge in [-0.05, 0) is 75.4 Å². The highest BCUT2D eigenvalue weighted by atomic mass is 79.9. The van der Waals surface area contributed by atoms with E-state index in [1.165, 1.54) is 17.0 Å². The molecule has 1 aromatic heterocycles. The minimum absolute atomic E-state index is 0.0267. The van der Waals surface area contributed by atoms with Crippen LogP contribution in [-0.2, 0) is 19.1 Å². The first-order valence-electron chi connectivity index (χ1n) is 15.5. The third-order valence-electron chi connectivity index (χ3n) is 8.41. The van der Waals surface area contributed by atoms with Crippen molar-refractivity contribution in [3.63, 3.8) is 0 Å². The number of nitrogens with one attached hydrogen (secondary N) is 2. The second-order valence-corrected chi connectivity index (χ2v) is 14.0. The van der Waals surface area contributed by atoms with E-state index in [4.69, 9.17) is 9.47 Å². The molecule has 2 aliphatic heterocycles. The Morgan fingerprint density at radius 2 is 1.96 bits per heavy atom. The molecule has 2 fully saturated rings. The Balaban J connectivity index is 1.45. The first-order chi connectivity index (χ1) is 21.7. The van der Waals surface area contributed by atoms with Gasteiger partial charge in [0, 0.05) is 22.9 Å². The lowest BCUT2D eigenvalue weighted by Gasteiger charge is -2.30. The molecule has 5 rings (SSSR count). The van der Waals surface area contributed by atoms with Crippen molar-refractivity contribution >= 4 is 50.8 Å². The van der Waals surface area contributed by atoms with E-state index in [2.05, 4.69) is 36.5 Å². The van der Waals surface area contributed by atoms with Crippen LogP contribution in [-0.4, -0.2) is 79.7 Å². The zero-order valence-electron chi connectivity index (χ0n) is 26.3. The largest absolute Gasteiger partial charge is 0.479 e. The summed E-state index contributed by atoms with van der Waals surface area (Å²) in [5.74, 6) is -3.04. The number of amides is 3. The Hall–Kier alpha value is -3.81. The molecule has 3 heterocycles. The Bertz CT molecular complexity index is 1580. The van der Waals surface area contributed by atoms with Crippen LogP contribution in [0.3, 0.4) is 0 Å². The molecule has 0 radical (unpaired) electrons. The highest BCUT2D eigenvalue weighted by Crippen LogP contribution is 2.45. The first kappa shape index (κ1) is 33.6. The summed E-state index contributed by atoms with van der Waals surface area (Å²) in [6.07, 6.45) is 5.82. The maximum Gasteiger partial charge on any atom is 0.408 e. The monoisotopic (exact) mass is 703 g/mol. The fourth-order valence-electron chi connectivity index (χ4n) is 6.02. The van der Waals surface area contributed by atoms with Gasteiger partial charge in [0.25, 0.3) is 0 Å². The van der Waals surface area contributed by atoms with Gasteiger partial charge in [-0.3, -0.25) is 9.59 Å². The second-order valence-electron chi connectivity index (χ2n) is 13.2. The normalized spacial score (nSPS) is 27.1. The number of nitrogens with zero attached hydrogens (tertiary/aromatic N) is 3. The molecule has 248 valence electrons. The summed E-state index contributed by atoms with van der Waals surface area (Å²) in [4.78, 5) is 63.4. The average molecular weight is 705 g/mol. The quantitative estimate of drug-likeness (QED) is 0.388. The molecule has 3 amide bonds. The van der Waals surface area contributed by atoms with Crippen molar-refractivity contribution < 1.29 is 38.1 Å². The molecule has 5 atom stereocenters. The number of allylic oxidation sites excluding steroid dienone is 1. The average Bonchev–Trinajstić information content (AvgIpc) is 3.48. The molecule has 0 bridgehead atoms. The number of carboxylic acid groups (broad SMARTS) is 1. The van der Waals surface area contributed by atoms with E-state index in [0.717, 1.165) is 19.3 Å². The molecular weight excluding hydrogens is 665 g/mol. The number of fused-ring (bicyclic) bond motifs is 3. The fourth-order valence-corrected chi connectivity index (χ4v) is 6.53. The van der Waals surface area contributed by atoms with Gasteiger partial charge >= 0.3 is 12.1 Å². The summed E-state index contributed by atoms with van der Waals surface area (Å²) < 4.78 is 26.2. The number of benzene rings is 1. The molecular formula is C32H39BrFN5O7. The number of aliphatic carboxylic acids is 1. The van der Waals surface area contributed by atoms with E-state index in [-0.39, 0.29) is 36.7 Å². The van der Waals surface area contributed by atoms with Gasteiger partial charge in [0.2, 0.25) is 17.7 Å². The molecule has 2 aromatic rings. The van der Waals surface area contributed by atoms with Crippen LogP contribution in [0, 0.1) is 18.7 Å². The summed E-state index contributed by atoms with van der Waals surface area (Å²) in [6.45, 7) is 6.79. The van der Waals surface area contributed by atoms with Gasteiger partial charge in [-0.15, -0.1) is 0 Å². The number of aryl methyl sites for hydroxylation is 1. The van der Waals surface area contributed by atoms with Crippen molar-refractivity contribution in [1.82, 2.24) is 25.5 Å². The minimum Gasteiger partial charge on any atom is -0.479 e. The number of carbonyl (C=O) groups excluding carboxylic acids is 3. The fraction of sp³-hybridized carbons (Fsp3) is 0.562. The standard InChI is InChI=1S/C32H39BrFN5O7/c1-17-27(36-23-13-19(34)12-21(33)25(23)35-17)45-20-14-24-26(40)38-32(29(42)43)15-18(32)10-8-6-5-7-9-11-22(28(41)39(24)16-20)37-30(44)46-31(2,3)4/h8,10,12-13,18,20,22,24H,5-7,9,11,14-16H2,1-4H3,(H,37,44)(H,38,40)(H,42,43)/t18-,20-,22+,24+,32-/m1/s1. The van der Waals surface area contributed by atoms with Gasteiger partial charge in [-0.1, -0.05) is 25.0 Å². The van der Waals surface area contributed by atoms with E-state index >= 15 is 0 Å². The smallest absolute Gasteiger partial charge is 0.408 e. The zero-order chi connectivity index (χ0) is 33.4. The predicted molar refractivity (Wildman–Crippen MR) is 168 cm³/mol. The van der Waals surface area contributed by atoms with Crippen molar-refractivity contribution in [1.29, 1.82) is 0 Å². The SMILES string of the molecule is Cc1nc2c(Br)cc(F)cc2nc1O[C@@H]1C[C@H]2C(=O)N[C@]3(C(=O)O)C[C@H]3C=CCCCCC[C@H](NC(=O)OC(C)(C)C)C(=O)N2C1. The Morgan fingerprint density at radius 1 is 1.20 bits per heavy atom. The number of halogens is 2. The van der Waals surface area contributed by atoms with Gasteiger partial charge in [0.15, 0.2) is 0 Å². The summed E-state index contributed by atoms with van der Waals surface area (Å²) in [6, 6.07) is 0.435. The number of hydrogen-bond donors (Lipinski definition) is 3. The van der Waals surface area contributed by atoms with Gasteiger partial charge in [-0.2, -0.15) is 0 Å². The molecule has 14 heteroatoms. The van der Waals surface area contributed by atoms with Gasteiger partial charge < -0.3 is 30.1 Å². The van der Waals surface area contributed by atoms with E-state index in [0.29, 0.717) is 28.5 Å². The van der Waals surface area contributed by atoms with E-state index in [1.807, 2.05) is 12.2 Å². The Labute approximate surface area is 274 Å². The molecule has 1 aliphatic carbocycles. The maximum absolute atomic E-state index is 14.1. The number of carbonyl (C=O) groups is 4. The number of alkyl carbamates (subject to hydrolysis) is 1. The lowest BCUT2D eigenvalue weighted by molar-refractivity contribution is -0.145. The maximum atomic E-state index is 14.1. The van der Waals surface area contributed by atoms with Gasteiger partial charge in [-0.25, -0.2) is 23.9 Å². The van der Waals surface area contributed by atoms with E-state index in [9.17, 15) is 28.7 Å². The highest BCUT2D eigenvalue weighted by Gasteiger charge is 2.61. The van der Waals surface area contributed by atoms with Crippen LogP contribution < -0.4 is 15.4 Å². The molecule has 3 N–H and O–H groups in total. The molecule has 3 aliphatic rings. The van der Waals surface area contributed by atoms with Crippen molar-refractivity contribution in [2.24, 2.45) is 5.92 Å². The van der Waals surface area contributed by atoms with Crippen molar-refractivity contribution in [2.45, 2.75) is 102 Å². The van der Waals surface area contributed by atoms with Crippen LogP contribution in [0.25, 0.3) is 11.0 Å². The lowest BCUT2D eigenvalue weighted by Crippen LogP contribution is -2.56. The molecule has 1 aromatic carbocycles. The minimum atomic E-state index is -1.46. The number of ether oxygens (including phenoxy) is 2. The van der Waals surface area contributed by atoms with E-state index in [1.54, 1.807) is 27.7 Å². The number of hydrogen-bond acceptors (Lipinski definition) is 8. The summed E-state index contributed by atoms with van der Waals surface area (Å²) in [7, 11) is 0. The number of carboxylic acids is 1. The second kappa shape index (κ2) is 13.1. The molecule has 0 unspecified atom stereocenters. The molecule has 1 saturated carbocycles.